The highest BCUT2D eigenvalue weighted by molar-refractivity contribution is 8.00. The van der Waals surface area contributed by atoms with Crippen LogP contribution in [0.3, 0.4) is 0 Å². The molecule has 0 saturated carbocycles. The number of aliphatic hydroxyl groups excluding tert-OH is 1. The average Bonchev–Trinajstić information content (AvgIpc) is 3.31. The molecule has 0 aromatic rings. The third-order valence-corrected chi connectivity index (χ3v) is 13.1. The lowest BCUT2D eigenvalue weighted by Crippen LogP contribution is -2.63. The second kappa shape index (κ2) is 28.0. The van der Waals surface area contributed by atoms with Crippen LogP contribution in [-0.2, 0) is 38.3 Å². The Hall–Kier alpha value is -6.35. The minimum absolute atomic E-state index is 0.121. The molecular weight excluding hydrogens is 967 g/mol. The first-order valence-electron chi connectivity index (χ1n) is 23.0. The van der Waals surface area contributed by atoms with Crippen molar-refractivity contribution in [3.8, 4) is 0 Å². The summed E-state index contributed by atoms with van der Waals surface area (Å²) in [5.74, 6) is -8.25. The van der Waals surface area contributed by atoms with Gasteiger partial charge in [0.2, 0.25) is 17.7 Å². The van der Waals surface area contributed by atoms with Gasteiger partial charge in [0.05, 0.1) is 25.2 Å². The summed E-state index contributed by atoms with van der Waals surface area (Å²) < 4.78 is 4.74. The van der Waals surface area contributed by atoms with Crippen molar-refractivity contribution in [1.29, 1.82) is 0 Å². The average molecular weight is 1040 g/mol. The number of likely N-dealkylation sites (N-methyl/N-ethyl adjacent to an activating group) is 5. The monoisotopic (exact) mass is 1040 g/mol. The molecule has 0 aromatic carbocycles. The van der Waals surface area contributed by atoms with Crippen LogP contribution in [0.5, 0.6) is 0 Å². The highest BCUT2D eigenvalue weighted by Crippen LogP contribution is 2.25. The Kier molecular flexibility index (Phi) is 24.8. The van der Waals surface area contributed by atoms with Crippen LogP contribution >= 0.6 is 11.8 Å². The van der Waals surface area contributed by atoms with E-state index in [0.29, 0.717) is 9.80 Å². The van der Waals surface area contributed by atoms with Crippen LogP contribution in [0.4, 0.5) is 24.0 Å². The van der Waals surface area contributed by atoms with Gasteiger partial charge in [0.1, 0.15) is 30.2 Å². The van der Waals surface area contributed by atoms with E-state index < -0.39 is 137 Å². The molecule has 0 unspecified atom stereocenters. The van der Waals surface area contributed by atoms with Crippen LogP contribution in [0.15, 0.2) is 12.2 Å². The highest BCUT2D eigenvalue weighted by Gasteiger charge is 2.45. The van der Waals surface area contributed by atoms with Crippen LogP contribution < -0.4 is 21.3 Å². The molecule has 1 aliphatic rings. The smallest absolute Gasteiger partial charge is 0.334 e. The SMILES string of the molecule is C/C=C/C[C@@H](C)[C@@H](O)[C@H]1C(=O)N[C@@H](CC)C(=O)N(C)[C@H](SCCC(=O)OC)C(=O)N(C)[C@@H](CC(C)(C)O)C(=O)NC(=O)N(C)C(=O)NC(=O)N[C@H](C)C(=O)N(C)C(=O)N(C)C(=O)N(C)[C@@H](C(C)C)C(=O)N1C. The fourth-order valence-electron chi connectivity index (χ4n) is 7.36. The zero-order chi connectivity index (χ0) is 55.9. The summed E-state index contributed by atoms with van der Waals surface area (Å²) in [7, 11) is 8.81. The number of urea groups is 5. The van der Waals surface area contributed by atoms with Gasteiger partial charge in [-0.3, -0.25) is 49.1 Å². The molecule has 1 saturated heterocycles. The van der Waals surface area contributed by atoms with E-state index in [4.69, 9.17) is 4.74 Å². The van der Waals surface area contributed by atoms with E-state index in [-0.39, 0.29) is 29.9 Å². The molecule has 6 N–H and O–H groups in total. The summed E-state index contributed by atoms with van der Waals surface area (Å²) in [6.07, 6.45) is 1.19. The number of nitrogens with one attached hydrogen (secondary N) is 4. The van der Waals surface area contributed by atoms with E-state index in [9.17, 15) is 67.7 Å². The van der Waals surface area contributed by atoms with Gasteiger partial charge in [0, 0.05) is 61.5 Å². The topological polar surface area (TPSA) is 325 Å². The molecule has 0 bridgehead atoms. The summed E-state index contributed by atoms with van der Waals surface area (Å²) in [4.78, 5) is 169. The Morgan fingerprint density at radius 1 is 0.736 bits per heavy atom. The first-order valence-corrected chi connectivity index (χ1v) is 24.1. The molecule has 0 aliphatic carbocycles. The maximum absolute atomic E-state index is 14.6. The number of carbonyl (C=O) groups excluding carboxylic acids is 12. The molecule has 1 heterocycles. The molecule has 26 nitrogen and oxygen atoms in total. The van der Waals surface area contributed by atoms with Crippen molar-refractivity contribution in [1.82, 2.24) is 55.6 Å². The van der Waals surface area contributed by atoms with Crippen molar-refractivity contribution >= 4 is 83.3 Å². The molecule has 0 radical (unpaired) electrons. The highest BCUT2D eigenvalue weighted by atomic mass is 32.2. The number of esters is 1. The van der Waals surface area contributed by atoms with Gasteiger partial charge in [-0.05, 0) is 52.4 Å². The van der Waals surface area contributed by atoms with Gasteiger partial charge in [-0.2, -0.15) is 0 Å². The number of allylic oxidation sites excluding steroid dienone is 2. The number of aliphatic hydroxyl groups is 2. The molecule has 0 aromatic heterocycles. The molecule has 16 amide bonds. The van der Waals surface area contributed by atoms with Gasteiger partial charge in [-0.1, -0.05) is 39.8 Å². The molecule has 1 rings (SSSR count). The molecular formula is C45H75N11O15S. The molecule has 406 valence electrons. The van der Waals surface area contributed by atoms with E-state index in [1.165, 1.54) is 41.9 Å². The standard InChI is InChI=1S/C45H75N11O15S/c1-17-19-20-25(5)32(58)31-34(60)47-27(18-2)36(62)53(12)39(72-22-21-29(57)71-16)38(64)50(9)28(23-45(7,8)70)33(59)48-41(66)55(14)42(67)49-40(65)46-26(6)35(61)54(13)44(69)56(15)43(68)52(11)30(24(3)4)37(63)51(31)10/h17,19,24-28,30-32,39,58,70H,18,20-23H2,1-16H3,(H,47,60)(H,48,59,66)(H2,46,49,65,67)/b19-17+/t25-,26-,27+,28+,30+,31+,32-,39-/m1/s1. The minimum atomic E-state index is -1.73. The van der Waals surface area contributed by atoms with Gasteiger partial charge < -0.3 is 45.2 Å². The Morgan fingerprint density at radius 2 is 1.31 bits per heavy atom. The van der Waals surface area contributed by atoms with Crippen LogP contribution in [0.25, 0.3) is 0 Å². The molecule has 1 fully saturated rings. The summed E-state index contributed by atoms with van der Waals surface area (Å²) in [6, 6.07) is -14.3. The van der Waals surface area contributed by atoms with Crippen LogP contribution in [0, 0.1) is 11.8 Å². The van der Waals surface area contributed by atoms with Crippen LogP contribution in [-0.4, -0.2) is 226 Å². The quantitative estimate of drug-likeness (QED) is 0.113. The minimum Gasteiger partial charge on any atom is -0.469 e. The molecule has 8 atom stereocenters. The van der Waals surface area contributed by atoms with Gasteiger partial charge in [-0.15, -0.1) is 11.8 Å². The fourth-order valence-corrected chi connectivity index (χ4v) is 8.50. The van der Waals surface area contributed by atoms with Gasteiger partial charge in [-0.25, -0.2) is 33.8 Å². The second-order valence-corrected chi connectivity index (χ2v) is 19.6. The third-order valence-electron chi connectivity index (χ3n) is 11.8. The van der Waals surface area contributed by atoms with Gasteiger partial charge in [0.15, 0.2) is 5.37 Å². The van der Waals surface area contributed by atoms with E-state index in [1.54, 1.807) is 45.2 Å². The number of hydrogen-bond acceptors (Lipinski definition) is 16. The third kappa shape index (κ3) is 17.2. The maximum atomic E-state index is 14.6. The van der Waals surface area contributed by atoms with Gasteiger partial charge >= 0.3 is 36.1 Å². The van der Waals surface area contributed by atoms with E-state index in [1.807, 2.05) is 5.32 Å². The number of ether oxygens (including phenoxy) is 1. The van der Waals surface area contributed by atoms with Crippen molar-refractivity contribution in [2.24, 2.45) is 11.8 Å². The summed E-state index contributed by atoms with van der Waals surface area (Å²) >= 11 is 0.775. The lowest BCUT2D eigenvalue weighted by molar-refractivity contribution is -0.150. The fraction of sp³-hybridized carbons (Fsp3) is 0.689. The van der Waals surface area contributed by atoms with Crippen molar-refractivity contribution < 1.29 is 72.5 Å². The Morgan fingerprint density at radius 3 is 1.82 bits per heavy atom. The largest absolute Gasteiger partial charge is 0.469 e. The molecule has 27 heteroatoms. The normalized spacial score (nSPS) is 24.3. The first kappa shape index (κ1) is 63.7. The van der Waals surface area contributed by atoms with E-state index in [2.05, 4.69) is 10.6 Å². The van der Waals surface area contributed by atoms with Crippen LogP contribution in [0.2, 0.25) is 0 Å². The van der Waals surface area contributed by atoms with Crippen molar-refractivity contribution in [3.63, 3.8) is 0 Å². The Labute approximate surface area is 424 Å². The maximum Gasteiger partial charge on any atom is 0.334 e. The predicted molar refractivity (Wildman–Crippen MR) is 262 cm³/mol. The van der Waals surface area contributed by atoms with Crippen LogP contribution in [0.1, 0.15) is 81.1 Å². The van der Waals surface area contributed by atoms with Crippen molar-refractivity contribution in [2.45, 2.75) is 128 Å². The van der Waals surface area contributed by atoms with Crippen molar-refractivity contribution in [2.75, 3.05) is 62.2 Å². The zero-order valence-corrected chi connectivity index (χ0v) is 44.9. The number of methoxy groups -OCH3 is 1. The predicted octanol–water partition coefficient (Wildman–Crippen LogP) is 0.316. The number of thioether (sulfide) groups is 1. The zero-order valence-electron chi connectivity index (χ0n) is 44.1. The number of nitrogens with zero attached hydrogens (tertiary/aromatic N) is 7. The number of amides is 16. The lowest BCUT2D eigenvalue weighted by atomic mass is 9.91. The Bertz CT molecular complexity index is 2070. The number of imide groups is 5. The molecule has 72 heavy (non-hydrogen) atoms. The second-order valence-electron chi connectivity index (χ2n) is 18.4. The van der Waals surface area contributed by atoms with E-state index >= 15 is 0 Å². The first-order chi connectivity index (χ1) is 33.2. The number of hydrogen-bond donors (Lipinski definition) is 6. The van der Waals surface area contributed by atoms with E-state index in [0.717, 1.165) is 73.6 Å². The molecule has 1 aliphatic heterocycles. The molecule has 0 spiro atoms. The summed E-state index contributed by atoms with van der Waals surface area (Å²) in [5.41, 5.74) is -1.70. The number of rotatable bonds is 12. The Balaban J connectivity index is 4.19. The number of carbonyl (C=O) groups is 12. The van der Waals surface area contributed by atoms with Crippen molar-refractivity contribution in [3.05, 3.63) is 12.2 Å². The van der Waals surface area contributed by atoms with Gasteiger partial charge in [0.25, 0.3) is 17.7 Å². The summed E-state index contributed by atoms with van der Waals surface area (Å²) in [5, 5.41) is 29.7. The lowest BCUT2D eigenvalue weighted by Gasteiger charge is -2.40. The summed E-state index contributed by atoms with van der Waals surface area (Å²) in [6.45, 7) is 11.8.